The van der Waals surface area contributed by atoms with Gasteiger partial charge in [0.15, 0.2) is 0 Å². The van der Waals surface area contributed by atoms with Crippen molar-refractivity contribution >= 4 is 23.2 Å². The molecule has 2 aromatic carbocycles. The average molecular weight is 317 g/mol. The second-order valence-corrected chi connectivity index (χ2v) is 5.83. The third-order valence-electron chi connectivity index (χ3n) is 3.45. The van der Waals surface area contributed by atoms with Crippen molar-refractivity contribution in [3.63, 3.8) is 0 Å². The van der Waals surface area contributed by atoms with Crippen LogP contribution in [0.5, 0.6) is 0 Å². The number of hydrogen-bond donors (Lipinski definition) is 2. The van der Waals surface area contributed by atoms with E-state index in [0.29, 0.717) is 24.5 Å². The maximum absolute atomic E-state index is 11.8. The van der Waals surface area contributed by atoms with E-state index in [0.717, 1.165) is 11.3 Å². The molecule has 3 nitrogen and oxygen atoms in total. The highest BCUT2D eigenvalue weighted by Gasteiger charge is 2.03. The number of halogens is 1. The normalized spacial score (nSPS) is 10.3. The Morgan fingerprint density at radius 2 is 1.82 bits per heavy atom. The van der Waals surface area contributed by atoms with Gasteiger partial charge in [0, 0.05) is 30.2 Å². The van der Waals surface area contributed by atoms with E-state index >= 15 is 0 Å². The Balaban J connectivity index is 1.72. The van der Waals surface area contributed by atoms with Crippen LogP contribution in [0.3, 0.4) is 0 Å². The van der Waals surface area contributed by atoms with Gasteiger partial charge in [0.05, 0.1) is 0 Å². The number of benzene rings is 2. The predicted octanol–water partition coefficient (Wildman–Crippen LogP) is 4.08. The molecule has 2 aromatic rings. The van der Waals surface area contributed by atoms with E-state index in [-0.39, 0.29) is 5.91 Å². The summed E-state index contributed by atoms with van der Waals surface area (Å²) in [6.07, 6.45) is 0.445. The van der Waals surface area contributed by atoms with Gasteiger partial charge < -0.3 is 10.6 Å². The van der Waals surface area contributed by atoms with E-state index < -0.39 is 0 Å². The molecule has 22 heavy (non-hydrogen) atoms. The minimum absolute atomic E-state index is 0.0345. The number of carbonyl (C=O) groups is 1. The third kappa shape index (κ3) is 5.08. The highest BCUT2D eigenvalue weighted by atomic mass is 35.5. The van der Waals surface area contributed by atoms with E-state index in [2.05, 4.69) is 42.7 Å². The summed E-state index contributed by atoms with van der Waals surface area (Å²) in [4.78, 5) is 11.8. The van der Waals surface area contributed by atoms with Crippen molar-refractivity contribution in [2.24, 2.45) is 0 Å². The van der Waals surface area contributed by atoms with Gasteiger partial charge in [0.2, 0.25) is 5.91 Å². The fourth-order valence-corrected chi connectivity index (χ4v) is 2.34. The van der Waals surface area contributed by atoms with Crippen LogP contribution in [0.2, 0.25) is 5.02 Å². The molecular weight excluding hydrogens is 296 g/mol. The lowest BCUT2D eigenvalue weighted by Crippen LogP contribution is -2.24. The third-order valence-corrected chi connectivity index (χ3v) is 3.70. The van der Waals surface area contributed by atoms with Crippen LogP contribution in [0.4, 0.5) is 5.69 Å². The summed E-state index contributed by atoms with van der Waals surface area (Å²) in [5.41, 5.74) is 4.56. The molecule has 0 aliphatic carbocycles. The quantitative estimate of drug-likeness (QED) is 0.843. The summed E-state index contributed by atoms with van der Waals surface area (Å²) < 4.78 is 0. The van der Waals surface area contributed by atoms with Gasteiger partial charge in [-0.1, -0.05) is 41.4 Å². The topological polar surface area (TPSA) is 41.1 Å². The molecule has 0 bridgehead atoms. The molecule has 2 N–H and O–H groups in total. The molecule has 2 rings (SSSR count). The summed E-state index contributed by atoms with van der Waals surface area (Å²) in [6, 6.07) is 13.7. The molecule has 0 saturated heterocycles. The Hall–Kier alpha value is -2.00. The lowest BCUT2D eigenvalue weighted by Gasteiger charge is -2.10. The average Bonchev–Trinajstić information content (AvgIpc) is 2.49. The lowest BCUT2D eigenvalue weighted by molar-refractivity contribution is -0.121. The van der Waals surface area contributed by atoms with E-state index in [1.807, 2.05) is 24.3 Å². The Bertz CT molecular complexity index is 638. The highest BCUT2D eigenvalue weighted by Crippen LogP contribution is 2.15. The molecule has 0 aromatic heterocycles. The molecule has 116 valence electrons. The second-order valence-electron chi connectivity index (χ2n) is 5.40. The van der Waals surface area contributed by atoms with Crippen molar-refractivity contribution in [3.8, 4) is 0 Å². The molecule has 0 saturated carbocycles. The molecule has 4 heteroatoms. The fraction of sp³-hybridized carbons (Fsp3) is 0.278. The van der Waals surface area contributed by atoms with Crippen LogP contribution in [0.1, 0.15) is 23.1 Å². The Labute approximate surface area is 136 Å². The van der Waals surface area contributed by atoms with Gasteiger partial charge in [-0.3, -0.25) is 4.79 Å². The molecule has 0 spiro atoms. The molecular formula is C18H21ClN2O. The Morgan fingerprint density at radius 3 is 2.50 bits per heavy atom. The highest BCUT2D eigenvalue weighted by molar-refractivity contribution is 6.30. The first-order valence-corrected chi connectivity index (χ1v) is 7.74. The smallest absolute Gasteiger partial charge is 0.222 e. The van der Waals surface area contributed by atoms with Gasteiger partial charge in [-0.25, -0.2) is 0 Å². The molecule has 0 fully saturated rings. The predicted molar refractivity (Wildman–Crippen MR) is 92.3 cm³/mol. The van der Waals surface area contributed by atoms with Crippen molar-refractivity contribution in [1.29, 1.82) is 0 Å². The summed E-state index contributed by atoms with van der Waals surface area (Å²) in [6.45, 7) is 5.28. The van der Waals surface area contributed by atoms with Gasteiger partial charge in [-0.15, -0.1) is 0 Å². The molecule has 1 amide bonds. The fourth-order valence-electron chi connectivity index (χ4n) is 2.21. The zero-order valence-electron chi connectivity index (χ0n) is 12.9. The zero-order chi connectivity index (χ0) is 15.9. The first-order chi connectivity index (χ1) is 10.5. The Morgan fingerprint density at radius 1 is 1.09 bits per heavy atom. The molecule has 0 unspecified atom stereocenters. The van der Waals surface area contributed by atoms with Gasteiger partial charge in [-0.05, 0) is 43.2 Å². The van der Waals surface area contributed by atoms with Crippen LogP contribution in [0.15, 0.2) is 42.5 Å². The number of aryl methyl sites for hydroxylation is 2. The van der Waals surface area contributed by atoms with Crippen LogP contribution < -0.4 is 10.6 Å². The van der Waals surface area contributed by atoms with Crippen molar-refractivity contribution in [2.45, 2.75) is 26.8 Å². The molecule has 0 radical (unpaired) electrons. The molecule has 0 aliphatic rings. The van der Waals surface area contributed by atoms with Gasteiger partial charge in [-0.2, -0.15) is 0 Å². The van der Waals surface area contributed by atoms with Crippen molar-refractivity contribution in [1.82, 2.24) is 5.32 Å². The van der Waals surface area contributed by atoms with E-state index in [9.17, 15) is 4.79 Å². The van der Waals surface area contributed by atoms with Crippen LogP contribution in [0.25, 0.3) is 0 Å². The molecule has 0 heterocycles. The van der Waals surface area contributed by atoms with Crippen LogP contribution in [-0.4, -0.2) is 12.5 Å². The van der Waals surface area contributed by atoms with Gasteiger partial charge in [0.25, 0.3) is 0 Å². The maximum atomic E-state index is 11.8. The van der Waals surface area contributed by atoms with Crippen LogP contribution in [0, 0.1) is 13.8 Å². The number of carbonyl (C=O) groups excluding carboxylic acids is 1. The van der Waals surface area contributed by atoms with Crippen molar-refractivity contribution in [2.75, 3.05) is 11.9 Å². The summed E-state index contributed by atoms with van der Waals surface area (Å²) in [5, 5.41) is 6.91. The number of rotatable bonds is 6. The number of anilines is 1. The van der Waals surface area contributed by atoms with E-state index in [1.165, 1.54) is 11.1 Å². The standard InChI is InChI=1S/C18H21ClN2O/c1-13-3-8-17(14(2)11-13)20-10-9-18(22)21-12-15-4-6-16(19)7-5-15/h3-8,11,20H,9-10,12H2,1-2H3,(H,21,22). The first kappa shape index (κ1) is 16.4. The largest absolute Gasteiger partial charge is 0.384 e. The monoisotopic (exact) mass is 316 g/mol. The summed E-state index contributed by atoms with van der Waals surface area (Å²) >= 11 is 5.83. The van der Waals surface area contributed by atoms with E-state index in [4.69, 9.17) is 11.6 Å². The molecule has 0 aliphatic heterocycles. The first-order valence-electron chi connectivity index (χ1n) is 7.37. The zero-order valence-corrected chi connectivity index (χ0v) is 13.7. The second kappa shape index (κ2) is 7.85. The van der Waals surface area contributed by atoms with Crippen molar-refractivity contribution < 1.29 is 4.79 Å². The maximum Gasteiger partial charge on any atom is 0.222 e. The number of nitrogens with one attached hydrogen (secondary N) is 2. The SMILES string of the molecule is Cc1ccc(NCCC(=O)NCc2ccc(Cl)cc2)c(C)c1. The molecule has 0 atom stereocenters. The van der Waals surface area contributed by atoms with E-state index in [1.54, 1.807) is 0 Å². The minimum Gasteiger partial charge on any atom is -0.384 e. The number of hydrogen-bond acceptors (Lipinski definition) is 2. The van der Waals surface area contributed by atoms with Gasteiger partial charge in [0.1, 0.15) is 0 Å². The van der Waals surface area contributed by atoms with Crippen LogP contribution in [-0.2, 0) is 11.3 Å². The van der Waals surface area contributed by atoms with Crippen molar-refractivity contribution in [3.05, 3.63) is 64.2 Å². The minimum atomic E-state index is 0.0345. The summed E-state index contributed by atoms with van der Waals surface area (Å²) in [5.74, 6) is 0.0345. The lowest BCUT2D eigenvalue weighted by atomic mass is 10.1. The van der Waals surface area contributed by atoms with Crippen LogP contribution >= 0.6 is 11.6 Å². The number of amides is 1. The Kier molecular flexibility index (Phi) is 5.84. The van der Waals surface area contributed by atoms with Gasteiger partial charge >= 0.3 is 0 Å². The summed E-state index contributed by atoms with van der Waals surface area (Å²) in [7, 11) is 0.